The van der Waals surface area contributed by atoms with Crippen LogP contribution in [-0.2, 0) is 6.54 Å². The molecule has 2 aromatic rings. The highest BCUT2D eigenvalue weighted by Gasteiger charge is 2.08. The van der Waals surface area contributed by atoms with Crippen molar-refractivity contribution in [3.63, 3.8) is 0 Å². The van der Waals surface area contributed by atoms with Gasteiger partial charge < -0.3 is 15.2 Å². The van der Waals surface area contributed by atoms with E-state index in [0.717, 1.165) is 11.3 Å². The first-order valence-corrected chi connectivity index (χ1v) is 6.24. The molecule has 1 atom stereocenters. The first-order valence-electron chi connectivity index (χ1n) is 6.24. The molecule has 0 aliphatic heterocycles. The first kappa shape index (κ1) is 13.4. The van der Waals surface area contributed by atoms with Gasteiger partial charge in [0, 0.05) is 18.4 Å². The van der Waals surface area contributed by atoms with Crippen LogP contribution in [0.4, 0.5) is 0 Å². The fourth-order valence-corrected chi connectivity index (χ4v) is 1.77. The molecule has 0 aliphatic rings. The number of hydrogen-bond acceptors (Lipinski definition) is 4. The van der Waals surface area contributed by atoms with E-state index < -0.39 is 0 Å². The minimum Gasteiger partial charge on any atom is -0.493 e. The quantitative estimate of drug-likeness (QED) is 0.863. The first-order chi connectivity index (χ1) is 9.20. The molecule has 0 saturated heterocycles. The van der Waals surface area contributed by atoms with E-state index in [2.05, 4.69) is 5.10 Å². The molecule has 0 radical (unpaired) electrons. The maximum Gasteiger partial charge on any atom is 0.161 e. The second-order valence-electron chi connectivity index (χ2n) is 4.32. The summed E-state index contributed by atoms with van der Waals surface area (Å²) in [4.78, 5) is 0. The maximum absolute atomic E-state index is 5.84. The Morgan fingerprint density at radius 1 is 1.37 bits per heavy atom. The largest absolute Gasteiger partial charge is 0.493 e. The van der Waals surface area contributed by atoms with Gasteiger partial charge in [-0.25, -0.2) is 0 Å². The molecule has 0 bridgehead atoms. The zero-order chi connectivity index (χ0) is 13.7. The Kier molecular flexibility index (Phi) is 4.41. The van der Waals surface area contributed by atoms with Crippen molar-refractivity contribution in [1.82, 2.24) is 9.78 Å². The molecule has 0 amide bonds. The Hall–Kier alpha value is -2.01. The summed E-state index contributed by atoms with van der Waals surface area (Å²) in [5.41, 5.74) is 6.87. The van der Waals surface area contributed by atoms with E-state index in [0.29, 0.717) is 18.9 Å². The molecule has 102 valence electrons. The molecule has 0 fully saturated rings. The van der Waals surface area contributed by atoms with Gasteiger partial charge in [-0.05, 0) is 30.7 Å². The van der Waals surface area contributed by atoms with Crippen LogP contribution in [0.3, 0.4) is 0 Å². The Labute approximate surface area is 112 Å². The molecule has 1 aromatic carbocycles. The van der Waals surface area contributed by atoms with Gasteiger partial charge in [-0.3, -0.25) is 4.68 Å². The van der Waals surface area contributed by atoms with E-state index in [-0.39, 0.29) is 6.04 Å². The standard InChI is InChI=1S/C14H19N3O2/c1-11(15)12-4-5-13(14(10-12)18-2)19-9-8-17-7-3-6-16-17/h3-7,10-11H,8-9,15H2,1-2H3. The molecular weight excluding hydrogens is 242 g/mol. The second-order valence-corrected chi connectivity index (χ2v) is 4.32. The van der Waals surface area contributed by atoms with Crippen molar-refractivity contribution in [2.45, 2.75) is 19.5 Å². The number of methoxy groups -OCH3 is 1. The summed E-state index contributed by atoms with van der Waals surface area (Å²) in [5.74, 6) is 1.43. The molecule has 5 nitrogen and oxygen atoms in total. The van der Waals surface area contributed by atoms with E-state index in [4.69, 9.17) is 15.2 Å². The highest BCUT2D eigenvalue weighted by Crippen LogP contribution is 2.29. The monoisotopic (exact) mass is 261 g/mol. The topological polar surface area (TPSA) is 62.3 Å². The summed E-state index contributed by atoms with van der Waals surface area (Å²) in [7, 11) is 1.63. The Morgan fingerprint density at radius 3 is 2.84 bits per heavy atom. The van der Waals surface area contributed by atoms with E-state index in [1.165, 1.54) is 0 Å². The highest BCUT2D eigenvalue weighted by molar-refractivity contribution is 5.43. The summed E-state index contributed by atoms with van der Waals surface area (Å²) in [6.45, 7) is 3.17. The summed E-state index contributed by atoms with van der Waals surface area (Å²) in [6.07, 6.45) is 3.65. The lowest BCUT2D eigenvalue weighted by Crippen LogP contribution is -2.09. The zero-order valence-electron chi connectivity index (χ0n) is 11.2. The van der Waals surface area contributed by atoms with Crippen molar-refractivity contribution >= 4 is 0 Å². The van der Waals surface area contributed by atoms with Crippen molar-refractivity contribution in [2.24, 2.45) is 5.73 Å². The Bertz CT molecular complexity index is 509. The predicted molar refractivity (Wildman–Crippen MR) is 73.3 cm³/mol. The van der Waals surface area contributed by atoms with E-state index in [9.17, 15) is 0 Å². The molecule has 1 heterocycles. The number of hydrogen-bond donors (Lipinski definition) is 1. The summed E-state index contributed by atoms with van der Waals surface area (Å²) < 4.78 is 12.9. The molecule has 2 N–H and O–H groups in total. The van der Waals surface area contributed by atoms with Crippen molar-refractivity contribution in [3.05, 3.63) is 42.2 Å². The minimum atomic E-state index is -0.0213. The van der Waals surface area contributed by atoms with E-state index >= 15 is 0 Å². The lowest BCUT2D eigenvalue weighted by Gasteiger charge is -2.13. The number of rotatable bonds is 6. The lowest BCUT2D eigenvalue weighted by molar-refractivity contribution is 0.274. The van der Waals surface area contributed by atoms with Gasteiger partial charge in [0.2, 0.25) is 0 Å². The van der Waals surface area contributed by atoms with Crippen molar-refractivity contribution in [2.75, 3.05) is 13.7 Å². The second kappa shape index (κ2) is 6.24. The Morgan fingerprint density at radius 2 is 2.21 bits per heavy atom. The molecule has 0 saturated carbocycles. The molecular formula is C14H19N3O2. The number of benzene rings is 1. The van der Waals surface area contributed by atoms with Crippen LogP contribution < -0.4 is 15.2 Å². The van der Waals surface area contributed by atoms with Gasteiger partial charge in [0.25, 0.3) is 0 Å². The predicted octanol–water partition coefficient (Wildman–Crippen LogP) is 1.99. The summed E-state index contributed by atoms with van der Waals surface area (Å²) in [5, 5.41) is 4.12. The SMILES string of the molecule is COc1cc(C(C)N)ccc1OCCn1cccn1. The van der Waals surface area contributed by atoms with Crippen LogP contribution in [0.2, 0.25) is 0 Å². The average molecular weight is 261 g/mol. The smallest absolute Gasteiger partial charge is 0.161 e. The highest BCUT2D eigenvalue weighted by atomic mass is 16.5. The van der Waals surface area contributed by atoms with E-state index in [1.54, 1.807) is 13.3 Å². The number of nitrogens with two attached hydrogens (primary N) is 1. The molecule has 1 aromatic heterocycles. The van der Waals surface area contributed by atoms with Gasteiger partial charge in [0.05, 0.1) is 13.7 Å². The maximum atomic E-state index is 5.84. The van der Waals surface area contributed by atoms with Gasteiger partial charge in [-0.1, -0.05) is 6.07 Å². The average Bonchev–Trinajstić information content (AvgIpc) is 2.92. The van der Waals surface area contributed by atoms with Crippen molar-refractivity contribution in [3.8, 4) is 11.5 Å². The van der Waals surface area contributed by atoms with Crippen LogP contribution in [0, 0.1) is 0 Å². The molecule has 0 aliphatic carbocycles. The van der Waals surface area contributed by atoms with Gasteiger partial charge in [-0.15, -0.1) is 0 Å². The molecule has 19 heavy (non-hydrogen) atoms. The fraction of sp³-hybridized carbons (Fsp3) is 0.357. The third-order valence-corrected chi connectivity index (χ3v) is 2.85. The minimum absolute atomic E-state index is 0.0213. The molecule has 0 spiro atoms. The normalized spacial score (nSPS) is 12.2. The lowest BCUT2D eigenvalue weighted by atomic mass is 10.1. The van der Waals surface area contributed by atoms with Gasteiger partial charge >= 0.3 is 0 Å². The van der Waals surface area contributed by atoms with Crippen molar-refractivity contribution in [1.29, 1.82) is 0 Å². The Balaban J connectivity index is 1.99. The summed E-state index contributed by atoms with van der Waals surface area (Å²) in [6, 6.07) is 7.62. The third-order valence-electron chi connectivity index (χ3n) is 2.85. The van der Waals surface area contributed by atoms with Crippen LogP contribution in [0.1, 0.15) is 18.5 Å². The van der Waals surface area contributed by atoms with Crippen LogP contribution in [0.25, 0.3) is 0 Å². The number of aromatic nitrogens is 2. The summed E-state index contributed by atoms with van der Waals surface area (Å²) >= 11 is 0. The molecule has 5 heteroatoms. The van der Waals surface area contributed by atoms with Crippen LogP contribution in [-0.4, -0.2) is 23.5 Å². The van der Waals surface area contributed by atoms with Gasteiger partial charge in [0.15, 0.2) is 11.5 Å². The van der Waals surface area contributed by atoms with Crippen LogP contribution >= 0.6 is 0 Å². The van der Waals surface area contributed by atoms with Gasteiger partial charge in [-0.2, -0.15) is 5.10 Å². The number of nitrogens with zero attached hydrogens (tertiary/aromatic N) is 2. The van der Waals surface area contributed by atoms with E-state index in [1.807, 2.05) is 42.1 Å². The number of ether oxygens (including phenoxy) is 2. The zero-order valence-corrected chi connectivity index (χ0v) is 11.2. The third kappa shape index (κ3) is 3.48. The molecule has 2 rings (SSSR count). The van der Waals surface area contributed by atoms with Crippen molar-refractivity contribution < 1.29 is 9.47 Å². The van der Waals surface area contributed by atoms with Crippen LogP contribution in [0.5, 0.6) is 11.5 Å². The molecule has 1 unspecified atom stereocenters. The van der Waals surface area contributed by atoms with Crippen LogP contribution in [0.15, 0.2) is 36.7 Å². The van der Waals surface area contributed by atoms with Gasteiger partial charge in [0.1, 0.15) is 6.61 Å². The fourth-order valence-electron chi connectivity index (χ4n) is 1.77.